The van der Waals surface area contributed by atoms with Crippen molar-refractivity contribution < 1.29 is 37.4 Å². The molecule has 0 aromatic carbocycles. The third-order valence-corrected chi connectivity index (χ3v) is 3.47. The Morgan fingerprint density at radius 3 is 1.73 bits per heavy atom. The topological polar surface area (TPSA) is 82.1 Å². The number of alkyl halides is 2. The number of hydrogen-bond acceptors (Lipinski definition) is 6. The predicted molar refractivity (Wildman–Crippen MR) is 87.8 cm³/mol. The zero-order valence-electron chi connectivity index (χ0n) is 16.2. The maximum atomic E-state index is 13.3. The summed E-state index contributed by atoms with van der Waals surface area (Å²) >= 11 is 0. The number of imide groups is 1. The third-order valence-electron chi connectivity index (χ3n) is 3.47. The summed E-state index contributed by atoms with van der Waals surface area (Å²) in [6.45, 7) is 10.7. The van der Waals surface area contributed by atoms with Crippen molar-refractivity contribution in [3.63, 3.8) is 0 Å². The van der Waals surface area contributed by atoms with E-state index in [4.69, 9.17) is 14.2 Å². The molecule has 0 N–H and O–H groups in total. The molecule has 9 heteroatoms. The van der Waals surface area contributed by atoms with Gasteiger partial charge in [-0.1, -0.05) is 0 Å². The lowest BCUT2D eigenvalue weighted by Gasteiger charge is -2.33. The summed E-state index contributed by atoms with van der Waals surface area (Å²) in [6.07, 6.45) is -5.81. The molecule has 26 heavy (non-hydrogen) atoms. The van der Waals surface area contributed by atoms with Crippen molar-refractivity contribution in [1.29, 1.82) is 0 Å². The van der Waals surface area contributed by atoms with Crippen molar-refractivity contribution in [3.05, 3.63) is 0 Å². The first-order valence-corrected chi connectivity index (χ1v) is 8.37. The monoisotopic (exact) mass is 379 g/mol. The summed E-state index contributed by atoms with van der Waals surface area (Å²) in [5, 5.41) is 0. The van der Waals surface area contributed by atoms with Crippen LogP contribution in [-0.2, 0) is 19.0 Å². The van der Waals surface area contributed by atoms with Gasteiger partial charge in [0.05, 0.1) is 12.5 Å². The molecular formula is C17H27F2NO6. The van der Waals surface area contributed by atoms with E-state index in [2.05, 4.69) is 0 Å². The molecule has 0 heterocycles. The van der Waals surface area contributed by atoms with E-state index < -0.39 is 53.7 Å². The highest BCUT2D eigenvalue weighted by Gasteiger charge is 2.73. The molecule has 0 aromatic rings. The van der Waals surface area contributed by atoms with E-state index in [9.17, 15) is 23.2 Å². The van der Waals surface area contributed by atoms with Gasteiger partial charge in [0.15, 0.2) is 5.54 Å². The van der Waals surface area contributed by atoms with Gasteiger partial charge in [-0.05, 0) is 54.9 Å². The van der Waals surface area contributed by atoms with Crippen molar-refractivity contribution in [1.82, 2.24) is 4.90 Å². The summed E-state index contributed by atoms with van der Waals surface area (Å²) in [5.41, 5.74) is -4.15. The number of hydrogen-bond donors (Lipinski definition) is 0. The SMILES string of the molecule is CCOC(=O)[C@@]1(N(C(=O)OC(C)(C)C)C(=O)OC(C)(C)C)C[C@H]1C(F)F. The predicted octanol–water partition coefficient (Wildman–Crippen LogP) is 3.75. The molecule has 0 spiro atoms. The molecular weight excluding hydrogens is 352 g/mol. The normalized spacial score (nSPS) is 22.6. The lowest BCUT2D eigenvalue weighted by Crippen LogP contribution is -2.55. The highest BCUT2D eigenvalue weighted by Crippen LogP contribution is 2.53. The Morgan fingerprint density at radius 2 is 1.46 bits per heavy atom. The maximum absolute atomic E-state index is 13.3. The minimum Gasteiger partial charge on any atom is -0.464 e. The summed E-state index contributed by atoms with van der Waals surface area (Å²) in [4.78, 5) is 38.0. The first-order valence-electron chi connectivity index (χ1n) is 8.37. The summed E-state index contributed by atoms with van der Waals surface area (Å²) in [5.74, 6) is -2.62. The highest BCUT2D eigenvalue weighted by molar-refractivity contribution is 5.99. The maximum Gasteiger partial charge on any atom is 0.420 e. The average molecular weight is 379 g/mol. The zero-order valence-corrected chi connectivity index (χ0v) is 16.2. The molecule has 0 aliphatic heterocycles. The number of carbonyl (C=O) groups is 3. The number of nitrogens with zero attached hydrogens (tertiary/aromatic N) is 1. The number of ether oxygens (including phenoxy) is 3. The van der Waals surface area contributed by atoms with E-state index in [1.54, 1.807) is 41.5 Å². The lowest BCUT2D eigenvalue weighted by molar-refractivity contribution is -0.152. The van der Waals surface area contributed by atoms with Crippen molar-refractivity contribution in [2.24, 2.45) is 5.92 Å². The number of halogens is 2. The van der Waals surface area contributed by atoms with Crippen LogP contribution in [0.3, 0.4) is 0 Å². The molecule has 2 amide bonds. The second kappa shape index (κ2) is 7.36. The van der Waals surface area contributed by atoms with E-state index >= 15 is 0 Å². The van der Waals surface area contributed by atoms with Gasteiger partial charge < -0.3 is 14.2 Å². The van der Waals surface area contributed by atoms with E-state index in [1.807, 2.05) is 0 Å². The molecule has 150 valence electrons. The van der Waals surface area contributed by atoms with Crippen LogP contribution in [0.25, 0.3) is 0 Å². The molecule has 1 aliphatic carbocycles. The fraction of sp³-hybridized carbons (Fsp3) is 0.824. The van der Waals surface area contributed by atoms with Gasteiger partial charge in [-0.25, -0.2) is 23.2 Å². The Morgan fingerprint density at radius 1 is 1.04 bits per heavy atom. The molecule has 1 fully saturated rings. The summed E-state index contributed by atoms with van der Waals surface area (Å²) < 4.78 is 41.8. The van der Waals surface area contributed by atoms with Crippen molar-refractivity contribution in [2.45, 2.75) is 78.1 Å². The Kier molecular flexibility index (Phi) is 6.26. The van der Waals surface area contributed by atoms with Crippen LogP contribution in [0.15, 0.2) is 0 Å². The fourth-order valence-electron chi connectivity index (χ4n) is 2.43. The number of carbonyl (C=O) groups excluding carboxylic acids is 3. The first kappa shape index (κ1) is 22.1. The van der Waals surface area contributed by atoms with Crippen LogP contribution >= 0.6 is 0 Å². The van der Waals surface area contributed by atoms with Crippen LogP contribution in [-0.4, -0.2) is 52.8 Å². The van der Waals surface area contributed by atoms with E-state index in [1.165, 1.54) is 6.92 Å². The van der Waals surface area contributed by atoms with Gasteiger partial charge in [0.2, 0.25) is 6.43 Å². The quantitative estimate of drug-likeness (QED) is 0.547. The van der Waals surface area contributed by atoms with E-state index in [0.29, 0.717) is 4.90 Å². The molecule has 0 bridgehead atoms. The number of rotatable bonds is 4. The van der Waals surface area contributed by atoms with Crippen LogP contribution in [0.2, 0.25) is 0 Å². The molecule has 7 nitrogen and oxygen atoms in total. The van der Waals surface area contributed by atoms with E-state index in [-0.39, 0.29) is 6.61 Å². The molecule has 2 atom stereocenters. The minimum absolute atomic E-state index is 0.0903. The highest BCUT2D eigenvalue weighted by atomic mass is 19.3. The van der Waals surface area contributed by atoms with Crippen LogP contribution < -0.4 is 0 Å². The molecule has 0 unspecified atom stereocenters. The Bertz CT molecular complexity index is 539. The van der Waals surface area contributed by atoms with E-state index in [0.717, 1.165) is 0 Å². The molecule has 0 radical (unpaired) electrons. The van der Waals surface area contributed by atoms with Crippen LogP contribution in [0.5, 0.6) is 0 Å². The van der Waals surface area contributed by atoms with Crippen LogP contribution in [0.1, 0.15) is 54.9 Å². The van der Waals surface area contributed by atoms with Gasteiger partial charge in [0.25, 0.3) is 0 Å². The lowest BCUT2D eigenvalue weighted by atomic mass is 10.1. The molecule has 0 aromatic heterocycles. The first-order chi connectivity index (χ1) is 11.7. The molecule has 1 saturated carbocycles. The number of esters is 1. The minimum atomic E-state index is -2.92. The third kappa shape index (κ3) is 5.04. The largest absolute Gasteiger partial charge is 0.464 e. The van der Waals surface area contributed by atoms with Gasteiger partial charge in [0.1, 0.15) is 11.2 Å². The smallest absolute Gasteiger partial charge is 0.420 e. The second-order valence-electron chi connectivity index (χ2n) is 8.09. The van der Waals surface area contributed by atoms with Crippen LogP contribution in [0, 0.1) is 5.92 Å². The average Bonchev–Trinajstić information content (AvgIpc) is 3.11. The zero-order chi connectivity index (χ0) is 20.5. The molecule has 1 aliphatic rings. The van der Waals surface area contributed by atoms with Crippen molar-refractivity contribution >= 4 is 18.2 Å². The van der Waals surface area contributed by atoms with Gasteiger partial charge >= 0.3 is 18.2 Å². The van der Waals surface area contributed by atoms with Gasteiger partial charge in [-0.2, -0.15) is 4.90 Å². The Labute approximate surface area is 151 Å². The Hall–Kier alpha value is -1.93. The standard InChI is InChI=1S/C17H27F2NO6/c1-8-24-12(21)17(9-10(17)11(18)19)20(13(22)25-15(2,3)4)14(23)26-16(5,6)7/h10-11H,8-9H2,1-7H3/t10-,17+/m0/s1. The number of amides is 2. The fourth-order valence-corrected chi connectivity index (χ4v) is 2.43. The second-order valence-corrected chi connectivity index (χ2v) is 8.09. The Balaban J connectivity index is 3.33. The molecule has 0 saturated heterocycles. The summed E-state index contributed by atoms with van der Waals surface area (Å²) in [7, 11) is 0. The van der Waals surface area contributed by atoms with Crippen LogP contribution in [0.4, 0.5) is 18.4 Å². The van der Waals surface area contributed by atoms with Crippen molar-refractivity contribution in [3.8, 4) is 0 Å². The molecule has 1 rings (SSSR count). The summed E-state index contributed by atoms with van der Waals surface area (Å²) in [6, 6.07) is 0. The van der Waals surface area contributed by atoms with Gasteiger partial charge in [0, 0.05) is 0 Å². The van der Waals surface area contributed by atoms with Gasteiger partial charge in [-0.15, -0.1) is 0 Å². The van der Waals surface area contributed by atoms with Crippen molar-refractivity contribution in [2.75, 3.05) is 6.61 Å². The van der Waals surface area contributed by atoms with Gasteiger partial charge in [-0.3, -0.25) is 0 Å².